The molecule has 0 aliphatic heterocycles. The number of hydrogen-bond donors (Lipinski definition) is 2. The Kier molecular flexibility index (Phi) is 4.64. The van der Waals surface area contributed by atoms with Gasteiger partial charge in [-0.1, -0.05) is 25.4 Å². The normalized spacial score (nSPS) is 10.7. The smallest absolute Gasteiger partial charge is 0.305 e. The van der Waals surface area contributed by atoms with Gasteiger partial charge in [-0.15, -0.1) is 0 Å². The van der Waals surface area contributed by atoms with Crippen LogP contribution in [0.4, 0.5) is 0 Å². The van der Waals surface area contributed by atoms with Crippen molar-refractivity contribution in [3.8, 4) is 0 Å². The van der Waals surface area contributed by atoms with Gasteiger partial charge in [-0.05, 0) is 12.1 Å². The Bertz CT molecular complexity index is 647. The minimum atomic E-state index is -0.520. The van der Waals surface area contributed by atoms with E-state index in [1.165, 1.54) is 12.3 Å². The summed E-state index contributed by atoms with van der Waals surface area (Å²) in [7, 11) is 0. The molecule has 0 spiro atoms. The van der Waals surface area contributed by atoms with Crippen LogP contribution in [0.15, 0.2) is 28.9 Å². The molecule has 2 amide bonds. The van der Waals surface area contributed by atoms with Crippen molar-refractivity contribution in [1.82, 2.24) is 20.6 Å². The summed E-state index contributed by atoms with van der Waals surface area (Å²) in [4.78, 5) is 23.1. The molecule has 0 saturated carbocycles. The largest absolute Gasteiger partial charge is 0.454 e. The van der Waals surface area contributed by atoms with Crippen LogP contribution < -0.4 is 10.9 Å². The highest BCUT2D eigenvalue weighted by Crippen LogP contribution is 2.11. The lowest BCUT2D eigenvalue weighted by molar-refractivity contribution is -0.124. The summed E-state index contributed by atoms with van der Waals surface area (Å²) >= 11 is 5.76. The van der Waals surface area contributed by atoms with Crippen LogP contribution in [0.3, 0.4) is 0 Å². The third kappa shape index (κ3) is 4.09. The van der Waals surface area contributed by atoms with Gasteiger partial charge in [0.1, 0.15) is 5.76 Å². The molecule has 0 aliphatic rings. The first kappa shape index (κ1) is 15.1. The fourth-order valence-corrected chi connectivity index (χ4v) is 1.65. The number of amides is 2. The van der Waals surface area contributed by atoms with E-state index in [0.717, 1.165) is 0 Å². The molecule has 21 heavy (non-hydrogen) atoms. The Labute approximate surface area is 126 Å². The molecule has 2 aromatic rings. The summed E-state index contributed by atoms with van der Waals surface area (Å²) < 4.78 is 6.97. The fourth-order valence-electron chi connectivity index (χ4n) is 1.49. The number of hydrogen-bond acceptors (Lipinski definition) is 4. The number of halogens is 1. The predicted octanol–water partition coefficient (Wildman–Crippen LogP) is 1.59. The molecule has 0 radical (unpaired) electrons. The van der Waals surface area contributed by atoms with Crippen LogP contribution in [-0.4, -0.2) is 21.6 Å². The molecule has 2 heterocycles. The number of carbonyl (C=O) groups is 2. The van der Waals surface area contributed by atoms with Crippen molar-refractivity contribution in [2.75, 3.05) is 0 Å². The van der Waals surface area contributed by atoms with E-state index in [9.17, 15) is 9.59 Å². The van der Waals surface area contributed by atoms with Gasteiger partial charge in [-0.3, -0.25) is 25.1 Å². The summed E-state index contributed by atoms with van der Waals surface area (Å²) in [6.45, 7) is 3.81. The second-order valence-corrected chi connectivity index (χ2v) is 5.16. The standard InChI is InChI=1S/C13H15ClN4O3/c1-8(2)12(19)16-17-13(20)11-4-3-10(21-11)7-18-6-9(14)5-15-18/h3-6,8H,7H2,1-2H3,(H,16,19)(H,17,20). The minimum Gasteiger partial charge on any atom is -0.454 e. The zero-order chi connectivity index (χ0) is 15.4. The van der Waals surface area contributed by atoms with E-state index in [1.807, 2.05) is 0 Å². The fraction of sp³-hybridized carbons (Fsp3) is 0.308. The molecule has 0 fully saturated rings. The number of rotatable bonds is 4. The van der Waals surface area contributed by atoms with Crippen molar-refractivity contribution < 1.29 is 14.0 Å². The van der Waals surface area contributed by atoms with Gasteiger partial charge in [-0.25, -0.2) is 0 Å². The number of nitrogens with one attached hydrogen (secondary N) is 2. The first-order chi connectivity index (χ1) is 9.95. The molecular weight excluding hydrogens is 296 g/mol. The third-order valence-corrected chi connectivity index (χ3v) is 2.82. The van der Waals surface area contributed by atoms with Crippen molar-refractivity contribution in [2.45, 2.75) is 20.4 Å². The summed E-state index contributed by atoms with van der Waals surface area (Å²) in [6, 6.07) is 3.19. The van der Waals surface area contributed by atoms with Crippen LogP contribution in [0.2, 0.25) is 5.02 Å². The molecule has 0 atom stereocenters. The third-order valence-electron chi connectivity index (χ3n) is 2.63. The van der Waals surface area contributed by atoms with Crippen molar-refractivity contribution in [2.24, 2.45) is 5.92 Å². The number of nitrogens with zero attached hydrogens (tertiary/aromatic N) is 2. The number of aromatic nitrogens is 2. The first-order valence-electron chi connectivity index (χ1n) is 6.32. The Morgan fingerprint density at radius 3 is 2.76 bits per heavy atom. The van der Waals surface area contributed by atoms with Crippen molar-refractivity contribution in [1.29, 1.82) is 0 Å². The summed E-state index contributed by atoms with van der Waals surface area (Å²) in [6.07, 6.45) is 3.16. The number of furan rings is 1. The Morgan fingerprint density at radius 1 is 1.38 bits per heavy atom. The van der Waals surface area contributed by atoms with Crippen molar-refractivity contribution in [3.63, 3.8) is 0 Å². The van der Waals surface area contributed by atoms with E-state index in [1.54, 1.807) is 30.8 Å². The van der Waals surface area contributed by atoms with Gasteiger partial charge in [0.2, 0.25) is 5.91 Å². The van der Waals surface area contributed by atoms with Gasteiger partial charge >= 0.3 is 5.91 Å². The first-order valence-corrected chi connectivity index (χ1v) is 6.70. The molecule has 0 bridgehead atoms. The van der Waals surface area contributed by atoms with Gasteiger partial charge in [0.05, 0.1) is 17.8 Å². The Balaban J connectivity index is 1.93. The van der Waals surface area contributed by atoms with Crippen molar-refractivity contribution in [3.05, 3.63) is 41.1 Å². The van der Waals surface area contributed by atoms with Gasteiger partial charge in [-0.2, -0.15) is 5.10 Å². The molecule has 0 unspecified atom stereocenters. The molecule has 2 aromatic heterocycles. The number of carbonyl (C=O) groups excluding carboxylic acids is 2. The van der Waals surface area contributed by atoms with E-state index in [-0.39, 0.29) is 17.6 Å². The van der Waals surface area contributed by atoms with Gasteiger partial charge in [0.25, 0.3) is 0 Å². The monoisotopic (exact) mass is 310 g/mol. The highest BCUT2D eigenvalue weighted by atomic mass is 35.5. The van der Waals surface area contributed by atoms with Crippen LogP contribution in [0, 0.1) is 5.92 Å². The molecular formula is C13H15ClN4O3. The molecule has 7 nitrogen and oxygen atoms in total. The maximum Gasteiger partial charge on any atom is 0.305 e. The Hall–Kier alpha value is -2.28. The quantitative estimate of drug-likeness (QED) is 0.839. The van der Waals surface area contributed by atoms with Crippen LogP contribution in [0.25, 0.3) is 0 Å². The topological polar surface area (TPSA) is 89.2 Å². The molecule has 112 valence electrons. The van der Waals surface area contributed by atoms with E-state index in [2.05, 4.69) is 16.0 Å². The summed E-state index contributed by atoms with van der Waals surface area (Å²) in [5.74, 6) is -0.362. The van der Waals surface area contributed by atoms with Gasteiger partial charge in [0, 0.05) is 12.1 Å². The lowest BCUT2D eigenvalue weighted by Gasteiger charge is -2.07. The molecule has 0 aromatic carbocycles. The van der Waals surface area contributed by atoms with E-state index in [4.69, 9.17) is 16.0 Å². The van der Waals surface area contributed by atoms with E-state index >= 15 is 0 Å². The highest BCUT2D eigenvalue weighted by Gasteiger charge is 2.13. The molecule has 8 heteroatoms. The maximum absolute atomic E-state index is 11.8. The van der Waals surface area contributed by atoms with Crippen molar-refractivity contribution >= 4 is 23.4 Å². The zero-order valence-corrected chi connectivity index (χ0v) is 12.3. The lowest BCUT2D eigenvalue weighted by Crippen LogP contribution is -2.43. The second-order valence-electron chi connectivity index (χ2n) is 4.72. The van der Waals surface area contributed by atoms with Crippen LogP contribution in [-0.2, 0) is 11.3 Å². The molecule has 0 saturated heterocycles. The maximum atomic E-state index is 11.8. The SMILES string of the molecule is CC(C)C(=O)NNC(=O)c1ccc(Cn2cc(Cl)cn2)o1. The predicted molar refractivity (Wildman–Crippen MR) is 75.5 cm³/mol. The second kappa shape index (κ2) is 6.45. The van der Waals surface area contributed by atoms with Gasteiger partial charge < -0.3 is 4.42 Å². The zero-order valence-electron chi connectivity index (χ0n) is 11.6. The molecule has 2 rings (SSSR count). The van der Waals surface area contributed by atoms with Crippen LogP contribution in [0.5, 0.6) is 0 Å². The summed E-state index contributed by atoms with van der Waals surface area (Å²) in [5, 5.41) is 4.54. The average Bonchev–Trinajstić information content (AvgIpc) is 3.05. The highest BCUT2D eigenvalue weighted by molar-refractivity contribution is 6.30. The average molecular weight is 311 g/mol. The van der Waals surface area contributed by atoms with E-state index < -0.39 is 5.91 Å². The Morgan fingerprint density at radius 2 is 2.14 bits per heavy atom. The minimum absolute atomic E-state index is 0.104. The molecule has 0 aliphatic carbocycles. The summed E-state index contributed by atoms with van der Waals surface area (Å²) in [5.41, 5.74) is 4.59. The van der Waals surface area contributed by atoms with Gasteiger partial charge in [0.15, 0.2) is 5.76 Å². The van der Waals surface area contributed by atoms with E-state index in [0.29, 0.717) is 17.3 Å². The lowest BCUT2D eigenvalue weighted by atomic mass is 10.2. The molecule has 2 N–H and O–H groups in total. The number of hydrazine groups is 1. The van der Waals surface area contributed by atoms with Crippen LogP contribution in [0.1, 0.15) is 30.2 Å². The van der Waals surface area contributed by atoms with Crippen LogP contribution >= 0.6 is 11.6 Å².